The van der Waals surface area contributed by atoms with Gasteiger partial charge in [0.25, 0.3) is 0 Å². The summed E-state index contributed by atoms with van der Waals surface area (Å²) < 4.78 is 25.6. The molecule has 6 nitrogen and oxygen atoms in total. The average Bonchev–Trinajstić information content (AvgIpc) is 2.96. The van der Waals surface area contributed by atoms with Crippen molar-refractivity contribution >= 4 is 28.3 Å². The maximum Gasteiger partial charge on any atom is 0.220 e. The van der Waals surface area contributed by atoms with Gasteiger partial charge in [0.15, 0.2) is 0 Å². The zero-order valence-electron chi connectivity index (χ0n) is 13.2. The van der Waals surface area contributed by atoms with Crippen LogP contribution in [0.25, 0.3) is 0 Å². The maximum absolute atomic E-state index is 12.0. The summed E-state index contributed by atoms with van der Waals surface area (Å²) in [6.07, 6.45) is 3.55. The second kappa shape index (κ2) is 9.05. The Hall–Kier alpha value is -0.370. The Bertz CT molecular complexity index is 452. The summed E-state index contributed by atoms with van der Waals surface area (Å²) in [6, 6.07) is 0.217. The molecule has 0 aromatic heterocycles. The highest BCUT2D eigenvalue weighted by Crippen LogP contribution is 2.14. The van der Waals surface area contributed by atoms with Gasteiger partial charge in [0, 0.05) is 25.6 Å². The van der Waals surface area contributed by atoms with Crippen molar-refractivity contribution < 1.29 is 13.2 Å². The van der Waals surface area contributed by atoms with Gasteiger partial charge in [-0.2, -0.15) is 0 Å². The molecular formula is C14H28ClN3O3S. The molecule has 2 unspecified atom stereocenters. The number of carbonyl (C=O) groups excluding carboxylic acids is 1. The van der Waals surface area contributed by atoms with Crippen LogP contribution in [-0.4, -0.2) is 56.6 Å². The second-order valence-electron chi connectivity index (χ2n) is 6.17. The van der Waals surface area contributed by atoms with E-state index in [1.165, 1.54) is 0 Å². The molecule has 2 saturated heterocycles. The highest BCUT2D eigenvalue weighted by atomic mass is 35.5. The van der Waals surface area contributed by atoms with Gasteiger partial charge >= 0.3 is 0 Å². The van der Waals surface area contributed by atoms with Gasteiger partial charge in [-0.3, -0.25) is 4.79 Å². The van der Waals surface area contributed by atoms with Crippen molar-refractivity contribution in [2.45, 2.75) is 45.1 Å². The quantitative estimate of drug-likeness (QED) is 0.737. The Labute approximate surface area is 139 Å². The summed E-state index contributed by atoms with van der Waals surface area (Å²) in [4.78, 5) is 11.9. The molecule has 0 aliphatic carbocycles. The first-order valence-corrected chi connectivity index (χ1v) is 9.58. The van der Waals surface area contributed by atoms with Gasteiger partial charge in [0.05, 0.1) is 5.75 Å². The lowest BCUT2D eigenvalue weighted by Gasteiger charge is -2.30. The summed E-state index contributed by atoms with van der Waals surface area (Å²) in [5, 5.41) is 6.33. The molecular weight excluding hydrogens is 326 g/mol. The Morgan fingerprint density at radius 3 is 2.64 bits per heavy atom. The molecule has 2 rings (SSSR count). The van der Waals surface area contributed by atoms with Gasteiger partial charge in [-0.05, 0) is 44.7 Å². The predicted molar refractivity (Wildman–Crippen MR) is 89.7 cm³/mol. The third-order valence-corrected chi connectivity index (χ3v) is 6.35. The van der Waals surface area contributed by atoms with E-state index in [4.69, 9.17) is 0 Å². The summed E-state index contributed by atoms with van der Waals surface area (Å²) in [5.74, 6) is 0.490. The van der Waals surface area contributed by atoms with E-state index < -0.39 is 10.0 Å². The van der Waals surface area contributed by atoms with Crippen LogP contribution in [0.15, 0.2) is 0 Å². The lowest BCUT2D eigenvalue weighted by atomic mass is 9.95. The summed E-state index contributed by atoms with van der Waals surface area (Å²) in [6.45, 7) is 5.25. The zero-order chi connectivity index (χ0) is 15.3. The first-order valence-electron chi connectivity index (χ1n) is 7.97. The van der Waals surface area contributed by atoms with E-state index >= 15 is 0 Å². The summed E-state index contributed by atoms with van der Waals surface area (Å²) in [5.41, 5.74) is 0. The molecule has 0 saturated carbocycles. The number of carbonyl (C=O) groups is 1. The molecule has 2 heterocycles. The van der Waals surface area contributed by atoms with Crippen molar-refractivity contribution in [2.24, 2.45) is 5.92 Å². The Morgan fingerprint density at radius 1 is 1.32 bits per heavy atom. The molecule has 130 valence electrons. The second-order valence-corrected chi connectivity index (χ2v) is 8.26. The summed E-state index contributed by atoms with van der Waals surface area (Å²) in [7, 11) is -3.16. The van der Waals surface area contributed by atoms with Gasteiger partial charge < -0.3 is 10.6 Å². The number of piperidine rings is 1. The normalized spacial score (nSPS) is 26.4. The Balaban J connectivity index is 0.00000242. The highest BCUT2D eigenvalue weighted by molar-refractivity contribution is 7.89. The standard InChI is InChI=1S/C14H27N3O3S.ClH/c1-12-11-15-7-6-13(12)16-14(18)5-4-10-21(19,20)17-8-2-3-9-17;/h12-13,15H,2-11H2,1H3,(H,16,18);1H. The SMILES string of the molecule is CC1CNCCC1NC(=O)CCCS(=O)(=O)N1CCCC1.Cl. The fraction of sp³-hybridized carbons (Fsp3) is 0.929. The Morgan fingerprint density at radius 2 is 2.00 bits per heavy atom. The fourth-order valence-electron chi connectivity index (χ4n) is 3.02. The van der Waals surface area contributed by atoms with Crippen LogP contribution < -0.4 is 10.6 Å². The molecule has 2 aliphatic rings. The lowest BCUT2D eigenvalue weighted by Crippen LogP contribution is -2.48. The van der Waals surface area contributed by atoms with Gasteiger partial charge in [-0.25, -0.2) is 12.7 Å². The van der Waals surface area contributed by atoms with Crippen LogP contribution in [0, 0.1) is 5.92 Å². The number of rotatable bonds is 6. The van der Waals surface area contributed by atoms with Crippen molar-refractivity contribution in [3.63, 3.8) is 0 Å². The van der Waals surface area contributed by atoms with Crippen LogP contribution in [0.3, 0.4) is 0 Å². The number of amides is 1. The average molecular weight is 354 g/mol. The molecule has 2 fully saturated rings. The molecule has 0 aromatic carbocycles. The number of nitrogens with one attached hydrogen (secondary N) is 2. The molecule has 2 N–H and O–H groups in total. The van der Waals surface area contributed by atoms with Crippen LogP contribution in [0.2, 0.25) is 0 Å². The van der Waals surface area contributed by atoms with Gasteiger partial charge in [0.1, 0.15) is 0 Å². The zero-order valence-corrected chi connectivity index (χ0v) is 14.8. The largest absolute Gasteiger partial charge is 0.353 e. The molecule has 2 aliphatic heterocycles. The van der Waals surface area contributed by atoms with Gasteiger partial charge in [-0.15, -0.1) is 12.4 Å². The van der Waals surface area contributed by atoms with Crippen LogP contribution in [0.5, 0.6) is 0 Å². The van der Waals surface area contributed by atoms with Crippen LogP contribution >= 0.6 is 12.4 Å². The molecule has 22 heavy (non-hydrogen) atoms. The first kappa shape index (κ1) is 19.7. The summed E-state index contributed by atoms with van der Waals surface area (Å²) >= 11 is 0. The number of sulfonamides is 1. The van der Waals surface area contributed by atoms with Gasteiger partial charge in [0.2, 0.25) is 15.9 Å². The molecule has 0 aromatic rings. The molecule has 0 spiro atoms. The van der Waals surface area contributed by atoms with Crippen molar-refractivity contribution in [3.8, 4) is 0 Å². The Kier molecular flexibility index (Phi) is 8.10. The molecule has 1 amide bonds. The molecule has 0 radical (unpaired) electrons. The van der Waals surface area contributed by atoms with Crippen molar-refractivity contribution in [2.75, 3.05) is 31.9 Å². The van der Waals surface area contributed by atoms with E-state index in [1.807, 2.05) is 0 Å². The van der Waals surface area contributed by atoms with Gasteiger partial charge in [-0.1, -0.05) is 6.92 Å². The van der Waals surface area contributed by atoms with Crippen molar-refractivity contribution in [1.29, 1.82) is 0 Å². The van der Waals surface area contributed by atoms with E-state index in [0.717, 1.165) is 32.4 Å². The van der Waals surface area contributed by atoms with E-state index in [1.54, 1.807) is 4.31 Å². The monoisotopic (exact) mass is 353 g/mol. The number of nitrogens with zero attached hydrogens (tertiary/aromatic N) is 1. The van der Waals surface area contributed by atoms with Crippen LogP contribution in [-0.2, 0) is 14.8 Å². The molecule has 0 bridgehead atoms. The number of hydrogen-bond donors (Lipinski definition) is 2. The van der Waals surface area contributed by atoms with Crippen LogP contribution in [0.4, 0.5) is 0 Å². The molecule has 8 heteroatoms. The van der Waals surface area contributed by atoms with E-state index in [9.17, 15) is 13.2 Å². The van der Waals surface area contributed by atoms with Crippen molar-refractivity contribution in [1.82, 2.24) is 14.9 Å². The fourth-order valence-corrected chi connectivity index (χ4v) is 4.60. The topological polar surface area (TPSA) is 78.5 Å². The third-order valence-electron chi connectivity index (χ3n) is 4.40. The van der Waals surface area contributed by atoms with Crippen molar-refractivity contribution in [3.05, 3.63) is 0 Å². The number of hydrogen-bond acceptors (Lipinski definition) is 4. The predicted octanol–water partition coefficient (Wildman–Crippen LogP) is 0.728. The minimum atomic E-state index is -3.16. The first-order chi connectivity index (χ1) is 9.99. The maximum atomic E-state index is 12.0. The third kappa shape index (κ3) is 5.68. The van der Waals surface area contributed by atoms with E-state index in [-0.39, 0.29) is 30.1 Å². The van der Waals surface area contributed by atoms with E-state index in [0.29, 0.717) is 31.8 Å². The smallest absolute Gasteiger partial charge is 0.220 e. The minimum absolute atomic E-state index is 0. The van der Waals surface area contributed by atoms with Crippen LogP contribution in [0.1, 0.15) is 39.0 Å². The molecule has 2 atom stereocenters. The number of halogens is 1. The minimum Gasteiger partial charge on any atom is -0.353 e. The lowest BCUT2D eigenvalue weighted by molar-refractivity contribution is -0.122. The van der Waals surface area contributed by atoms with E-state index in [2.05, 4.69) is 17.6 Å². The highest BCUT2D eigenvalue weighted by Gasteiger charge is 2.26.